The number of likely N-dealkylation sites (tertiary alicyclic amines) is 1. The Morgan fingerprint density at radius 1 is 1.23 bits per heavy atom. The molecular weight excluding hydrogens is 396 g/mol. The van der Waals surface area contributed by atoms with Gasteiger partial charge in [-0.15, -0.1) is 0 Å². The van der Waals surface area contributed by atoms with Gasteiger partial charge in [0.1, 0.15) is 11.3 Å². The zero-order chi connectivity index (χ0) is 22.2. The molecule has 0 saturated carbocycles. The largest absolute Gasteiger partial charge is 0.466 e. The van der Waals surface area contributed by atoms with E-state index >= 15 is 0 Å². The number of carbonyl (C=O) groups is 3. The average Bonchev–Trinajstić information content (AvgIpc) is 3.11. The van der Waals surface area contributed by atoms with E-state index in [-0.39, 0.29) is 23.7 Å². The molecule has 1 unspecified atom stereocenters. The minimum absolute atomic E-state index is 0.0967. The number of nitrogens with one attached hydrogen (secondary N) is 1. The Bertz CT molecular complexity index is 923. The lowest BCUT2D eigenvalue weighted by Gasteiger charge is -2.31. The van der Waals surface area contributed by atoms with E-state index in [1.807, 2.05) is 31.3 Å². The summed E-state index contributed by atoms with van der Waals surface area (Å²) in [6.07, 6.45) is 6.36. The monoisotopic (exact) mass is 428 g/mol. The van der Waals surface area contributed by atoms with Crippen molar-refractivity contribution in [3.8, 4) is 0 Å². The summed E-state index contributed by atoms with van der Waals surface area (Å²) in [5.41, 5.74) is 2.02. The van der Waals surface area contributed by atoms with E-state index in [1.54, 1.807) is 16.2 Å². The van der Waals surface area contributed by atoms with Crippen molar-refractivity contribution in [2.24, 2.45) is 5.92 Å². The third-order valence-corrected chi connectivity index (χ3v) is 5.67. The number of rotatable bonds is 9. The van der Waals surface area contributed by atoms with Gasteiger partial charge in [0, 0.05) is 32.3 Å². The van der Waals surface area contributed by atoms with Gasteiger partial charge in [-0.1, -0.05) is 12.5 Å². The second kappa shape index (κ2) is 10.9. The molecule has 1 aliphatic heterocycles. The van der Waals surface area contributed by atoms with Crippen LogP contribution in [0.25, 0.3) is 5.65 Å². The van der Waals surface area contributed by atoms with E-state index < -0.39 is 0 Å². The summed E-state index contributed by atoms with van der Waals surface area (Å²) >= 11 is 0. The highest BCUT2D eigenvalue weighted by Crippen LogP contribution is 2.19. The fraction of sp³-hybridized carbons (Fsp3) is 0.565. The zero-order valence-electron chi connectivity index (χ0n) is 18.4. The molecule has 0 aliphatic carbocycles. The summed E-state index contributed by atoms with van der Waals surface area (Å²) in [7, 11) is 0. The number of hydrogen-bond donors (Lipinski definition) is 1. The first-order valence-electron chi connectivity index (χ1n) is 11.2. The molecule has 2 aromatic rings. The summed E-state index contributed by atoms with van der Waals surface area (Å²) in [6.45, 7) is 5.74. The lowest BCUT2D eigenvalue weighted by atomic mass is 9.97. The number of imidazole rings is 1. The summed E-state index contributed by atoms with van der Waals surface area (Å²) in [6, 6.07) is 5.64. The first kappa shape index (κ1) is 22.8. The molecule has 0 bridgehead atoms. The van der Waals surface area contributed by atoms with Gasteiger partial charge in [0.15, 0.2) is 0 Å². The maximum atomic E-state index is 12.5. The van der Waals surface area contributed by atoms with Crippen LogP contribution < -0.4 is 5.32 Å². The van der Waals surface area contributed by atoms with Crippen molar-refractivity contribution in [3.05, 3.63) is 35.8 Å². The molecule has 8 nitrogen and oxygen atoms in total. The van der Waals surface area contributed by atoms with E-state index in [2.05, 4.69) is 10.3 Å². The van der Waals surface area contributed by atoms with Gasteiger partial charge in [-0.2, -0.15) is 0 Å². The number of aromatic nitrogens is 2. The average molecular weight is 429 g/mol. The molecule has 2 amide bonds. The van der Waals surface area contributed by atoms with Crippen LogP contribution >= 0.6 is 0 Å². The molecule has 2 aromatic heterocycles. The van der Waals surface area contributed by atoms with Crippen LogP contribution in [-0.2, 0) is 14.3 Å². The smallest absolute Gasteiger partial charge is 0.310 e. The normalized spacial score (nSPS) is 16.3. The fourth-order valence-corrected chi connectivity index (χ4v) is 4.06. The third-order valence-electron chi connectivity index (χ3n) is 5.67. The van der Waals surface area contributed by atoms with Crippen molar-refractivity contribution in [2.75, 3.05) is 26.2 Å². The molecule has 1 saturated heterocycles. The Kier molecular flexibility index (Phi) is 8.03. The van der Waals surface area contributed by atoms with Crippen molar-refractivity contribution in [1.29, 1.82) is 0 Å². The highest BCUT2D eigenvalue weighted by molar-refractivity contribution is 5.94. The Labute approximate surface area is 183 Å². The predicted molar refractivity (Wildman–Crippen MR) is 117 cm³/mol. The fourth-order valence-electron chi connectivity index (χ4n) is 4.06. The lowest BCUT2D eigenvalue weighted by Crippen LogP contribution is -2.42. The molecule has 1 atom stereocenters. The number of hydrogen-bond acceptors (Lipinski definition) is 5. The highest BCUT2D eigenvalue weighted by Gasteiger charge is 2.28. The summed E-state index contributed by atoms with van der Waals surface area (Å²) in [4.78, 5) is 43.2. The van der Waals surface area contributed by atoms with Crippen LogP contribution in [0.15, 0.2) is 24.4 Å². The van der Waals surface area contributed by atoms with Crippen LogP contribution in [0.4, 0.5) is 0 Å². The summed E-state index contributed by atoms with van der Waals surface area (Å²) < 4.78 is 6.89. The Hall–Kier alpha value is -2.90. The third kappa shape index (κ3) is 5.83. The van der Waals surface area contributed by atoms with E-state index in [9.17, 15) is 14.4 Å². The second-order valence-corrected chi connectivity index (χ2v) is 7.97. The van der Waals surface area contributed by atoms with Gasteiger partial charge in [-0.3, -0.25) is 18.8 Å². The predicted octanol–water partition coefficient (Wildman–Crippen LogP) is 2.73. The van der Waals surface area contributed by atoms with Gasteiger partial charge < -0.3 is 15.0 Å². The molecule has 8 heteroatoms. The topological polar surface area (TPSA) is 93.0 Å². The number of piperidine rings is 1. The zero-order valence-corrected chi connectivity index (χ0v) is 18.4. The molecule has 1 fully saturated rings. The number of amides is 2. The second-order valence-electron chi connectivity index (χ2n) is 7.97. The van der Waals surface area contributed by atoms with Crippen LogP contribution in [0.1, 0.15) is 61.6 Å². The van der Waals surface area contributed by atoms with Gasteiger partial charge in [0.05, 0.1) is 18.2 Å². The van der Waals surface area contributed by atoms with Gasteiger partial charge in [-0.25, -0.2) is 4.98 Å². The summed E-state index contributed by atoms with van der Waals surface area (Å²) in [5, 5.41) is 2.95. The van der Waals surface area contributed by atoms with Gasteiger partial charge >= 0.3 is 5.97 Å². The molecule has 3 heterocycles. The molecule has 1 aliphatic rings. The van der Waals surface area contributed by atoms with Gasteiger partial charge in [-0.05, 0) is 51.7 Å². The molecule has 0 radical (unpaired) electrons. The summed E-state index contributed by atoms with van der Waals surface area (Å²) in [5.74, 6) is -0.433. The quantitative estimate of drug-likeness (QED) is 0.490. The van der Waals surface area contributed by atoms with E-state index in [0.717, 1.165) is 37.8 Å². The van der Waals surface area contributed by atoms with Crippen molar-refractivity contribution in [1.82, 2.24) is 19.6 Å². The maximum Gasteiger partial charge on any atom is 0.310 e. The molecule has 1 N–H and O–H groups in total. The minimum Gasteiger partial charge on any atom is -0.466 e. The van der Waals surface area contributed by atoms with E-state index in [0.29, 0.717) is 44.0 Å². The van der Waals surface area contributed by atoms with E-state index in [1.165, 1.54) is 0 Å². The highest BCUT2D eigenvalue weighted by atomic mass is 16.5. The number of carbonyl (C=O) groups excluding carboxylic acids is 3. The van der Waals surface area contributed by atoms with Crippen LogP contribution in [0.3, 0.4) is 0 Å². The molecule has 168 valence electrons. The SMILES string of the molecule is CCOC(=O)C1CCCN(C(=O)CCCCCNC(=O)c2c(C)nc3ccccn23)C1. The first-order chi connectivity index (χ1) is 15.0. The van der Waals surface area contributed by atoms with Crippen LogP contribution in [0.5, 0.6) is 0 Å². The van der Waals surface area contributed by atoms with E-state index in [4.69, 9.17) is 4.74 Å². The number of fused-ring (bicyclic) bond motifs is 1. The number of esters is 1. The Morgan fingerprint density at radius 2 is 2.06 bits per heavy atom. The minimum atomic E-state index is -0.198. The molecule has 3 rings (SSSR count). The van der Waals surface area contributed by atoms with Crippen molar-refractivity contribution in [2.45, 2.75) is 52.4 Å². The van der Waals surface area contributed by atoms with Gasteiger partial charge in [0.25, 0.3) is 5.91 Å². The standard InChI is InChI=1S/C23H32N4O4/c1-3-31-23(30)18-10-9-14-26(16-18)20(28)12-5-4-7-13-24-22(29)21-17(2)25-19-11-6-8-15-27(19)21/h6,8,11,15,18H,3-5,7,9-10,12-14,16H2,1-2H3,(H,24,29). The maximum absolute atomic E-state index is 12.5. The number of pyridine rings is 1. The molecule has 0 aromatic carbocycles. The number of unbranched alkanes of at least 4 members (excludes halogenated alkanes) is 2. The van der Waals surface area contributed by atoms with Crippen molar-refractivity contribution < 1.29 is 19.1 Å². The van der Waals surface area contributed by atoms with Crippen molar-refractivity contribution in [3.63, 3.8) is 0 Å². The van der Waals surface area contributed by atoms with Gasteiger partial charge in [0.2, 0.25) is 5.91 Å². The Balaban J connectivity index is 1.35. The van der Waals surface area contributed by atoms with Crippen LogP contribution in [0, 0.1) is 12.8 Å². The number of nitrogens with zero attached hydrogens (tertiary/aromatic N) is 3. The first-order valence-corrected chi connectivity index (χ1v) is 11.2. The Morgan fingerprint density at radius 3 is 2.87 bits per heavy atom. The molecular formula is C23H32N4O4. The van der Waals surface area contributed by atoms with Crippen molar-refractivity contribution >= 4 is 23.4 Å². The molecule has 0 spiro atoms. The lowest BCUT2D eigenvalue weighted by molar-refractivity contribution is -0.151. The van der Waals surface area contributed by atoms with Crippen LogP contribution in [-0.4, -0.2) is 58.3 Å². The number of aryl methyl sites for hydroxylation is 1. The molecule has 31 heavy (non-hydrogen) atoms. The van der Waals surface area contributed by atoms with Crippen LogP contribution in [0.2, 0.25) is 0 Å². The number of ether oxygens (including phenoxy) is 1.